The lowest BCUT2D eigenvalue weighted by Gasteiger charge is -2.26. The van der Waals surface area contributed by atoms with Crippen LogP contribution in [0.4, 0.5) is 0 Å². The van der Waals surface area contributed by atoms with Gasteiger partial charge in [-0.25, -0.2) is 8.42 Å². The molecule has 2 saturated heterocycles. The zero-order chi connectivity index (χ0) is 18.9. The number of hydrogen-bond donors (Lipinski definition) is 0. The smallest absolute Gasteiger partial charge is 0.253 e. The Morgan fingerprint density at radius 1 is 1.07 bits per heavy atom. The SMILES string of the molecule is O=C([C@@H]1C[C@H](Oc2ccccc2)CN1S(=O)(=O)c1cccs1)N1CCCC1. The molecule has 0 aliphatic carbocycles. The van der Waals surface area contributed by atoms with Gasteiger partial charge in [-0.05, 0) is 36.4 Å². The van der Waals surface area contributed by atoms with Crippen molar-refractivity contribution in [2.24, 2.45) is 0 Å². The molecule has 0 unspecified atom stereocenters. The maximum absolute atomic E-state index is 13.1. The first-order chi connectivity index (χ1) is 13.1. The van der Waals surface area contributed by atoms with Crippen molar-refractivity contribution in [2.75, 3.05) is 19.6 Å². The van der Waals surface area contributed by atoms with Gasteiger partial charge < -0.3 is 9.64 Å². The predicted octanol–water partition coefficient (Wildman–Crippen LogP) is 2.58. The van der Waals surface area contributed by atoms with Gasteiger partial charge in [0.25, 0.3) is 10.0 Å². The molecule has 27 heavy (non-hydrogen) atoms. The third kappa shape index (κ3) is 3.74. The first-order valence-electron chi connectivity index (χ1n) is 9.11. The standard InChI is InChI=1S/C19H22N2O4S2/c22-19(20-10-4-5-11-20)17-13-16(25-15-7-2-1-3-8-15)14-21(17)27(23,24)18-9-6-12-26-18/h1-3,6-9,12,16-17H,4-5,10-11,13-14H2/t16-,17-/m0/s1. The minimum Gasteiger partial charge on any atom is -0.489 e. The molecule has 6 nitrogen and oxygen atoms in total. The van der Waals surface area contributed by atoms with E-state index in [2.05, 4.69) is 0 Å². The van der Waals surface area contributed by atoms with Gasteiger partial charge in [-0.15, -0.1) is 11.3 Å². The molecule has 2 fully saturated rings. The molecule has 0 N–H and O–H groups in total. The highest BCUT2D eigenvalue weighted by molar-refractivity contribution is 7.91. The summed E-state index contributed by atoms with van der Waals surface area (Å²) in [7, 11) is -3.72. The van der Waals surface area contributed by atoms with Gasteiger partial charge in [0.15, 0.2) is 0 Å². The van der Waals surface area contributed by atoms with Gasteiger partial charge in [-0.3, -0.25) is 4.79 Å². The Morgan fingerprint density at radius 3 is 2.48 bits per heavy atom. The summed E-state index contributed by atoms with van der Waals surface area (Å²) in [5.41, 5.74) is 0. The number of thiophene rings is 1. The lowest BCUT2D eigenvalue weighted by molar-refractivity contribution is -0.133. The number of ether oxygens (including phenoxy) is 1. The largest absolute Gasteiger partial charge is 0.489 e. The first-order valence-corrected chi connectivity index (χ1v) is 11.4. The van der Waals surface area contributed by atoms with E-state index < -0.39 is 16.1 Å². The Morgan fingerprint density at radius 2 is 1.81 bits per heavy atom. The second-order valence-electron chi connectivity index (χ2n) is 6.84. The van der Waals surface area contributed by atoms with Crippen LogP contribution in [0.1, 0.15) is 19.3 Å². The normalized spacial score (nSPS) is 23.6. The van der Waals surface area contributed by atoms with Crippen molar-refractivity contribution in [1.29, 1.82) is 0 Å². The number of nitrogens with zero attached hydrogens (tertiary/aromatic N) is 2. The van der Waals surface area contributed by atoms with Crippen molar-refractivity contribution >= 4 is 27.3 Å². The molecule has 1 aromatic heterocycles. The van der Waals surface area contributed by atoms with Crippen LogP contribution in [0.5, 0.6) is 5.75 Å². The number of carbonyl (C=O) groups excluding carboxylic acids is 1. The number of benzene rings is 1. The van der Waals surface area contributed by atoms with Gasteiger partial charge in [-0.2, -0.15) is 4.31 Å². The van der Waals surface area contributed by atoms with Crippen LogP contribution in [0, 0.1) is 0 Å². The third-order valence-corrected chi connectivity index (χ3v) is 8.27. The van der Waals surface area contributed by atoms with Crippen molar-refractivity contribution in [2.45, 2.75) is 35.6 Å². The fourth-order valence-corrected chi connectivity index (χ4v) is 6.45. The molecule has 1 amide bonds. The maximum atomic E-state index is 13.1. The summed E-state index contributed by atoms with van der Waals surface area (Å²) in [6.07, 6.45) is 1.97. The van der Waals surface area contributed by atoms with Crippen molar-refractivity contribution in [3.8, 4) is 5.75 Å². The molecule has 0 saturated carbocycles. The highest BCUT2D eigenvalue weighted by Gasteiger charge is 2.46. The number of para-hydroxylation sites is 1. The monoisotopic (exact) mass is 406 g/mol. The molecule has 0 bridgehead atoms. The maximum Gasteiger partial charge on any atom is 0.253 e. The quantitative estimate of drug-likeness (QED) is 0.766. The molecular weight excluding hydrogens is 384 g/mol. The summed E-state index contributed by atoms with van der Waals surface area (Å²) in [4.78, 5) is 14.8. The van der Waals surface area contributed by atoms with Crippen molar-refractivity contribution < 1.29 is 17.9 Å². The summed E-state index contributed by atoms with van der Waals surface area (Å²) in [6.45, 7) is 1.58. The summed E-state index contributed by atoms with van der Waals surface area (Å²) in [5, 5.41) is 1.73. The Hall–Kier alpha value is -1.90. The number of sulfonamides is 1. The second kappa shape index (κ2) is 7.61. The fourth-order valence-electron chi connectivity index (χ4n) is 3.71. The number of amides is 1. The van der Waals surface area contributed by atoms with E-state index in [4.69, 9.17) is 4.74 Å². The second-order valence-corrected chi connectivity index (χ2v) is 9.91. The van der Waals surface area contributed by atoms with E-state index >= 15 is 0 Å². The lowest BCUT2D eigenvalue weighted by atomic mass is 10.2. The molecule has 2 aliphatic rings. The number of rotatable bonds is 5. The Bertz CT molecular complexity index is 878. The van der Waals surface area contributed by atoms with E-state index in [-0.39, 0.29) is 22.8 Å². The van der Waals surface area contributed by atoms with Gasteiger partial charge in [0.1, 0.15) is 22.1 Å². The van der Waals surface area contributed by atoms with E-state index in [1.54, 1.807) is 22.4 Å². The minimum absolute atomic E-state index is 0.105. The van der Waals surface area contributed by atoms with Crippen LogP contribution in [0.25, 0.3) is 0 Å². The van der Waals surface area contributed by atoms with Gasteiger partial charge in [-0.1, -0.05) is 24.3 Å². The molecule has 144 valence electrons. The fraction of sp³-hybridized carbons (Fsp3) is 0.421. The van der Waals surface area contributed by atoms with Crippen molar-refractivity contribution in [3.05, 3.63) is 47.8 Å². The van der Waals surface area contributed by atoms with Gasteiger partial charge >= 0.3 is 0 Å². The summed E-state index contributed by atoms with van der Waals surface area (Å²) < 4.78 is 33.9. The van der Waals surface area contributed by atoms with Gasteiger partial charge in [0, 0.05) is 19.5 Å². The lowest BCUT2D eigenvalue weighted by Crippen LogP contribution is -2.46. The molecule has 0 radical (unpaired) electrons. The minimum atomic E-state index is -3.72. The molecule has 2 aromatic rings. The predicted molar refractivity (Wildman–Crippen MR) is 103 cm³/mol. The van der Waals surface area contributed by atoms with Gasteiger partial charge in [0.2, 0.25) is 5.91 Å². The Balaban J connectivity index is 1.60. The van der Waals surface area contributed by atoms with E-state index in [0.29, 0.717) is 25.3 Å². The zero-order valence-corrected chi connectivity index (χ0v) is 16.5. The summed E-state index contributed by atoms with van der Waals surface area (Å²) in [5.74, 6) is 0.581. The van der Waals surface area contributed by atoms with Crippen LogP contribution in [0.15, 0.2) is 52.1 Å². The van der Waals surface area contributed by atoms with E-state index in [1.165, 1.54) is 15.6 Å². The van der Waals surface area contributed by atoms with Crippen LogP contribution in [0.2, 0.25) is 0 Å². The average molecular weight is 407 g/mol. The highest BCUT2D eigenvalue weighted by atomic mass is 32.2. The van der Waals surface area contributed by atoms with Crippen LogP contribution < -0.4 is 4.74 Å². The first kappa shape index (κ1) is 18.5. The van der Waals surface area contributed by atoms with E-state index in [0.717, 1.165) is 12.8 Å². The number of carbonyl (C=O) groups is 1. The third-order valence-electron chi connectivity index (χ3n) is 5.02. The van der Waals surface area contributed by atoms with Crippen LogP contribution in [-0.4, -0.2) is 55.3 Å². The van der Waals surface area contributed by atoms with Crippen LogP contribution >= 0.6 is 11.3 Å². The Labute approximate surface area is 163 Å². The van der Waals surface area contributed by atoms with Crippen molar-refractivity contribution in [3.63, 3.8) is 0 Å². The summed E-state index contributed by atoms with van der Waals surface area (Å²) in [6, 6.07) is 11.9. The van der Waals surface area contributed by atoms with Crippen molar-refractivity contribution in [1.82, 2.24) is 9.21 Å². The summed E-state index contributed by atoms with van der Waals surface area (Å²) >= 11 is 1.17. The van der Waals surface area contributed by atoms with Crippen LogP contribution in [-0.2, 0) is 14.8 Å². The average Bonchev–Trinajstić information content (AvgIpc) is 3.42. The molecular formula is C19H22N2O4S2. The molecule has 1 aromatic carbocycles. The molecule has 8 heteroatoms. The van der Waals surface area contributed by atoms with E-state index in [1.807, 2.05) is 30.3 Å². The Kier molecular flexibility index (Phi) is 5.21. The zero-order valence-electron chi connectivity index (χ0n) is 14.9. The van der Waals surface area contributed by atoms with Gasteiger partial charge in [0.05, 0.1) is 6.54 Å². The molecule has 2 aliphatic heterocycles. The topological polar surface area (TPSA) is 66.9 Å². The van der Waals surface area contributed by atoms with Crippen LogP contribution in [0.3, 0.4) is 0 Å². The molecule has 3 heterocycles. The van der Waals surface area contributed by atoms with E-state index in [9.17, 15) is 13.2 Å². The highest BCUT2D eigenvalue weighted by Crippen LogP contribution is 2.32. The number of likely N-dealkylation sites (tertiary alicyclic amines) is 1. The molecule has 4 rings (SSSR count). The molecule has 2 atom stereocenters. The number of hydrogen-bond acceptors (Lipinski definition) is 5. The molecule has 0 spiro atoms.